The van der Waals surface area contributed by atoms with Gasteiger partial charge in [0.25, 0.3) is 0 Å². The molecule has 50 heavy (non-hydrogen) atoms. The van der Waals surface area contributed by atoms with Crippen molar-refractivity contribution in [2.24, 2.45) is 0 Å². The molecule has 0 amide bonds. The molecule has 0 aliphatic carbocycles. The average Bonchev–Trinajstić information content (AvgIpc) is 2.96. The van der Waals surface area contributed by atoms with Gasteiger partial charge in [0.1, 0.15) is 5.69 Å². The lowest BCUT2D eigenvalue weighted by molar-refractivity contribution is -0.141. The van der Waals surface area contributed by atoms with E-state index in [0.717, 1.165) is 35.3 Å². The second kappa shape index (κ2) is 16.9. The minimum Gasteiger partial charge on any atom is -0.261 e. The highest BCUT2D eigenvalue weighted by Crippen LogP contribution is 2.32. The third-order valence-corrected chi connectivity index (χ3v) is 7.00. The Balaban J connectivity index is 0.000000335. The van der Waals surface area contributed by atoms with Crippen molar-refractivity contribution in [3.63, 3.8) is 0 Å². The maximum atomic E-state index is 12.3. The fraction of sp³-hybridized carbons (Fsp3) is 0.500. The first-order chi connectivity index (χ1) is 22.4. The summed E-state index contributed by atoms with van der Waals surface area (Å²) in [4.78, 5) is 16.3. The van der Waals surface area contributed by atoms with E-state index in [2.05, 4.69) is 86.6 Å². The van der Waals surface area contributed by atoms with E-state index < -0.39 is 23.6 Å². The number of aromatic nitrogens is 4. The second-order valence-electron chi connectivity index (χ2n) is 16.2. The molecule has 276 valence electrons. The van der Waals surface area contributed by atoms with Crippen molar-refractivity contribution in [1.82, 2.24) is 19.9 Å². The number of aryl methyl sites for hydroxylation is 2. The quantitative estimate of drug-likeness (QED) is 0.171. The van der Waals surface area contributed by atoms with E-state index in [4.69, 9.17) is 0 Å². The van der Waals surface area contributed by atoms with Crippen LogP contribution in [0.3, 0.4) is 0 Å². The highest BCUT2D eigenvalue weighted by atomic mass is 19.4. The number of pyridine rings is 4. The predicted molar refractivity (Wildman–Crippen MR) is 191 cm³/mol. The minimum absolute atomic E-state index is 0.173. The number of alkyl halides is 6. The number of halogens is 6. The summed E-state index contributed by atoms with van der Waals surface area (Å²) in [5.41, 5.74) is 3.76. The van der Waals surface area contributed by atoms with Crippen LogP contribution in [0.4, 0.5) is 26.3 Å². The van der Waals surface area contributed by atoms with Crippen molar-refractivity contribution >= 4 is 0 Å². The molecule has 4 aromatic heterocycles. The van der Waals surface area contributed by atoms with E-state index >= 15 is 0 Å². The van der Waals surface area contributed by atoms with Gasteiger partial charge in [-0.05, 0) is 67.9 Å². The zero-order chi connectivity index (χ0) is 38.9. The Kier molecular flexibility index (Phi) is 15.0. The Hall–Kier alpha value is -3.82. The lowest BCUT2D eigenvalue weighted by Gasteiger charge is -2.18. The molecular formula is C40H54F6N4. The summed E-state index contributed by atoms with van der Waals surface area (Å²) < 4.78 is 73.9. The van der Waals surface area contributed by atoms with Crippen LogP contribution in [0.15, 0.2) is 73.1 Å². The van der Waals surface area contributed by atoms with Crippen LogP contribution in [0.2, 0.25) is 0 Å². The van der Waals surface area contributed by atoms with Crippen LogP contribution >= 0.6 is 0 Å². The molecule has 10 heteroatoms. The zero-order valence-corrected chi connectivity index (χ0v) is 32.0. The summed E-state index contributed by atoms with van der Waals surface area (Å²) >= 11 is 0. The topological polar surface area (TPSA) is 51.6 Å². The molecule has 0 aromatic carbocycles. The van der Waals surface area contributed by atoms with Gasteiger partial charge in [-0.2, -0.15) is 26.3 Å². The molecule has 0 bridgehead atoms. The molecule has 4 heterocycles. The molecule has 4 aromatic rings. The molecule has 0 radical (unpaired) electrons. The summed E-state index contributed by atoms with van der Waals surface area (Å²) in [5, 5.41) is 0. The SMILES string of the molecule is CC(C)(C)c1cc(C(F)(F)F)ccn1.CC(C)(C)c1cccc(C(F)(F)F)n1.Cc1cccc(C(C)(C)C)n1.Cc1ccnc(C(C)(C)C)c1. The van der Waals surface area contributed by atoms with Gasteiger partial charge in [-0.1, -0.05) is 95.2 Å². The van der Waals surface area contributed by atoms with Crippen LogP contribution in [-0.4, -0.2) is 19.9 Å². The van der Waals surface area contributed by atoms with E-state index in [1.807, 2.05) is 66.8 Å². The van der Waals surface area contributed by atoms with Crippen LogP contribution < -0.4 is 0 Å². The van der Waals surface area contributed by atoms with Crippen molar-refractivity contribution in [2.75, 3.05) is 0 Å². The Morgan fingerprint density at radius 3 is 1.18 bits per heavy atom. The molecule has 0 atom stereocenters. The van der Waals surface area contributed by atoms with Crippen molar-refractivity contribution in [3.8, 4) is 0 Å². The third-order valence-electron chi connectivity index (χ3n) is 7.00. The van der Waals surface area contributed by atoms with E-state index in [1.165, 1.54) is 17.8 Å². The predicted octanol–water partition coefficient (Wildman–Crippen LogP) is 12.2. The normalized spacial score (nSPS) is 12.4. The van der Waals surface area contributed by atoms with Crippen LogP contribution in [0.25, 0.3) is 0 Å². The first kappa shape index (κ1) is 44.2. The summed E-state index contributed by atoms with van der Waals surface area (Å²) in [6.45, 7) is 28.1. The number of rotatable bonds is 0. The van der Waals surface area contributed by atoms with Gasteiger partial charge in [0, 0.05) is 62.5 Å². The number of hydrogen-bond donors (Lipinski definition) is 0. The zero-order valence-electron chi connectivity index (χ0n) is 32.0. The van der Waals surface area contributed by atoms with Gasteiger partial charge in [0.05, 0.1) is 5.56 Å². The molecular weight excluding hydrogens is 650 g/mol. The van der Waals surface area contributed by atoms with E-state index in [1.54, 1.807) is 6.07 Å². The average molecular weight is 705 g/mol. The second-order valence-corrected chi connectivity index (χ2v) is 16.2. The highest BCUT2D eigenvalue weighted by molar-refractivity contribution is 5.24. The molecule has 0 unspecified atom stereocenters. The molecule has 0 N–H and O–H groups in total. The molecule has 4 nitrogen and oxygen atoms in total. The first-order valence-corrected chi connectivity index (χ1v) is 16.4. The van der Waals surface area contributed by atoms with Gasteiger partial charge in [-0.3, -0.25) is 15.0 Å². The van der Waals surface area contributed by atoms with Gasteiger partial charge in [0.15, 0.2) is 0 Å². The number of nitrogens with zero attached hydrogens (tertiary/aromatic N) is 4. The van der Waals surface area contributed by atoms with Crippen molar-refractivity contribution < 1.29 is 26.3 Å². The van der Waals surface area contributed by atoms with Crippen molar-refractivity contribution in [3.05, 3.63) is 118 Å². The van der Waals surface area contributed by atoms with Gasteiger partial charge in [0.2, 0.25) is 0 Å². The van der Waals surface area contributed by atoms with Crippen LogP contribution in [0.5, 0.6) is 0 Å². The largest absolute Gasteiger partial charge is 0.433 e. The van der Waals surface area contributed by atoms with Gasteiger partial charge < -0.3 is 0 Å². The molecule has 0 aliphatic rings. The molecule has 0 aliphatic heterocycles. The first-order valence-electron chi connectivity index (χ1n) is 16.4. The third kappa shape index (κ3) is 15.8. The smallest absolute Gasteiger partial charge is 0.261 e. The summed E-state index contributed by atoms with van der Waals surface area (Å²) in [5.74, 6) is 0. The Labute approximate surface area is 295 Å². The summed E-state index contributed by atoms with van der Waals surface area (Å²) in [6.07, 6.45) is -5.58. The highest BCUT2D eigenvalue weighted by Gasteiger charge is 2.33. The Morgan fingerprint density at radius 1 is 0.420 bits per heavy atom. The van der Waals surface area contributed by atoms with Crippen molar-refractivity contribution in [2.45, 2.75) is 131 Å². The fourth-order valence-electron chi connectivity index (χ4n) is 3.93. The van der Waals surface area contributed by atoms with Crippen LogP contribution in [-0.2, 0) is 34.0 Å². The monoisotopic (exact) mass is 704 g/mol. The number of hydrogen-bond acceptors (Lipinski definition) is 4. The minimum atomic E-state index is -4.36. The molecule has 0 saturated heterocycles. The molecule has 4 rings (SSSR count). The lowest BCUT2D eigenvalue weighted by atomic mass is 9.91. The van der Waals surface area contributed by atoms with Gasteiger partial charge in [-0.15, -0.1) is 0 Å². The molecule has 0 fully saturated rings. The van der Waals surface area contributed by atoms with Crippen LogP contribution in [0, 0.1) is 13.8 Å². The summed E-state index contributed by atoms with van der Waals surface area (Å²) in [6, 6.07) is 16.4. The van der Waals surface area contributed by atoms with E-state index in [0.29, 0.717) is 11.4 Å². The summed E-state index contributed by atoms with van der Waals surface area (Å²) in [7, 11) is 0. The molecule has 0 saturated carbocycles. The van der Waals surface area contributed by atoms with Gasteiger partial charge >= 0.3 is 12.4 Å². The fourth-order valence-corrected chi connectivity index (χ4v) is 3.93. The van der Waals surface area contributed by atoms with E-state index in [-0.39, 0.29) is 21.7 Å². The van der Waals surface area contributed by atoms with Crippen molar-refractivity contribution in [1.29, 1.82) is 0 Å². The van der Waals surface area contributed by atoms with Crippen LogP contribution in [0.1, 0.15) is 128 Å². The maximum Gasteiger partial charge on any atom is 0.433 e. The van der Waals surface area contributed by atoms with Gasteiger partial charge in [-0.25, -0.2) is 4.98 Å². The lowest BCUT2D eigenvalue weighted by Crippen LogP contribution is -2.17. The Morgan fingerprint density at radius 2 is 0.820 bits per heavy atom. The maximum absolute atomic E-state index is 12.3. The molecule has 0 spiro atoms. The van der Waals surface area contributed by atoms with E-state index in [9.17, 15) is 26.3 Å². The Bertz CT molecular complexity index is 1450. The standard InChI is InChI=1S/2C10H12F3N.2C10H15N/c1-9(2,3)8-6-7(4-5-14-8)10(11,12)13;1-9(2,3)7-5-4-6-8(14-7)10(11,12)13;1-8-5-6-11-9(7-8)10(2,3)4;1-8-6-5-7-9(11-8)10(2,3)4/h2*4-6H,1-3H3;2*5-7H,1-4H3.